The van der Waals surface area contributed by atoms with E-state index in [2.05, 4.69) is 26.8 Å². The Morgan fingerprint density at radius 3 is 3.05 bits per heavy atom. The number of piperidine rings is 1. The van der Waals surface area contributed by atoms with Crippen molar-refractivity contribution in [2.45, 2.75) is 39.0 Å². The largest absolute Gasteiger partial charge is 0.370 e. The van der Waals surface area contributed by atoms with E-state index in [0.717, 1.165) is 49.3 Å². The number of ether oxygens (including phenoxy) is 1. The molecule has 0 radical (unpaired) electrons. The molecule has 1 N–H and O–H groups in total. The lowest BCUT2D eigenvalue weighted by molar-refractivity contribution is 0.0167. The third-order valence-electron chi connectivity index (χ3n) is 3.68. The van der Waals surface area contributed by atoms with Gasteiger partial charge in [0.15, 0.2) is 0 Å². The zero-order chi connectivity index (χ0) is 13.1. The van der Waals surface area contributed by atoms with Crippen LogP contribution in [0.4, 0.5) is 0 Å². The molecular weight excluding hydrogens is 240 g/mol. The molecule has 0 atom stereocenters. The van der Waals surface area contributed by atoms with E-state index in [1.807, 2.05) is 18.5 Å². The topological polar surface area (TPSA) is 52.0 Å². The predicted molar refractivity (Wildman–Crippen MR) is 73.9 cm³/mol. The molecule has 102 valence electrons. The molecule has 1 aliphatic heterocycles. The van der Waals surface area contributed by atoms with Gasteiger partial charge in [-0.2, -0.15) is 0 Å². The van der Waals surface area contributed by atoms with E-state index < -0.39 is 0 Å². The third kappa shape index (κ3) is 2.62. The van der Waals surface area contributed by atoms with Crippen LogP contribution in [0.5, 0.6) is 0 Å². The van der Waals surface area contributed by atoms with Crippen molar-refractivity contribution >= 4 is 11.0 Å². The van der Waals surface area contributed by atoms with E-state index >= 15 is 0 Å². The second-order valence-corrected chi connectivity index (χ2v) is 4.90. The molecule has 5 nitrogen and oxygen atoms in total. The average molecular weight is 260 g/mol. The normalized spacial score (nSPS) is 17.1. The summed E-state index contributed by atoms with van der Waals surface area (Å²) in [6.45, 7) is 5.74. The minimum Gasteiger partial charge on any atom is -0.370 e. The van der Waals surface area contributed by atoms with Gasteiger partial charge in [0.1, 0.15) is 17.9 Å². The summed E-state index contributed by atoms with van der Waals surface area (Å²) >= 11 is 0. The van der Waals surface area contributed by atoms with Crippen molar-refractivity contribution in [3.63, 3.8) is 0 Å². The first kappa shape index (κ1) is 12.6. The highest BCUT2D eigenvalue weighted by molar-refractivity contribution is 5.74. The molecule has 3 heterocycles. The maximum absolute atomic E-state index is 6.00. The minimum atomic E-state index is 0.365. The minimum absolute atomic E-state index is 0.365. The lowest BCUT2D eigenvalue weighted by Crippen LogP contribution is -2.32. The number of rotatable bonds is 4. The van der Waals surface area contributed by atoms with Gasteiger partial charge in [-0.3, -0.25) is 4.98 Å². The molecule has 1 aliphatic rings. The van der Waals surface area contributed by atoms with Crippen molar-refractivity contribution in [2.75, 3.05) is 13.1 Å². The number of aryl methyl sites for hydroxylation is 1. The first-order valence-electron chi connectivity index (χ1n) is 7.00. The van der Waals surface area contributed by atoms with Crippen molar-refractivity contribution in [3.8, 4) is 0 Å². The molecular formula is C14H20N4O. The number of hydrogen-bond donors (Lipinski definition) is 1. The van der Waals surface area contributed by atoms with Crippen molar-refractivity contribution in [2.24, 2.45) is 0 Å². The maximum Gasteiger partial charge on any atom is 0.136 e. The summed E-state index contributed by atoms with van der Waals surface area (Å²) < 4.78 is 8.20. The fourth-order valence-electron chi connectivity index (χ4n) is 2.65. The van der Waals surface area contributed by atoms with Crippen LogP contribution in [0.3, 0.4) is 0 Å². The fourth-order valence-corrected chi connectivity index (χ4v) is 2.65. The third-order valence-corrected chi connectivity index (χ3v) is 3.68. The molecule has 0 spiro atoms. The van der Waals surface area contributed by atoms with E-state index in [4.69, 9.17) is 4.74 Å². The SMILES string of the molecule is CCn1c(COC2CCNCC2)nc2cnccc21. The lowest BCUT2D eigenvalue weighted by atomic mass is 10.1. The Morgan fingerprint density at radius 2 is 2.26 bits per heavy atom. The molecule has 2 aromatic rings. The number of pyridine rings is 1. The molecule has 0 aromatic carbocycles. The molecule has 0 aliphatic carbocycles. The smallest absolute Gasteiger partial charge is 0.136 e. The van der Waals surface area contributed by atoms with Gasteiger partial charge >= 0.3 is 0 Å². The van der Waals surface area contributed by atoms with Crippen LogP contribution >= 0.6 is 0 Å². The van der Waals surface area contributed by atoms with Crippen LogP contribution in [-0.2, 0) is 17.9 Å². The fraction of sp³-hybridized carbons (Fsp3) is 0.571. The van der Waals surface area contributed by atoms with E-state index in [0.29, 0.717) is 12.7 Å². The van der Waals surface area contributed by atoms with Gasteiger partial charge in [0.2, 0.25) is 0 Å². The highest BCUT2D eigenvalue weighted by Gasteiger charge is 2.15. The number of aromatic nitrogens is 3. The van der Waals surface area contributed by atoms with Crippen LogP contribution in [0.15, 0.2) is 18.5 Å². The molecule has 19 heavy (non-hydrogen) atoms. The van der Waals surface area contributed by atoms with Crippen molar-refractivity contribution in [1.29, 1.82) is 0 Å². The summed E-state index contributed by atoms with van der Waals surface area (Å²) in [5.41, 5.74) is 2.09. The van der Waals surface area contributed by atoms with E-state index in [-0.39, 0.29) is 0 Å². The van der Waals surface area contributed by atoms with Crippen LogP contribution in [-0.4, -0.2) is 33.7 Å². The quantitative estimate of drug-likeness (QED) is 0.909. The van der Waals surface area contributed by atoms with Crippen molar-refractivity contribution < 1.29 is 4.74 Å². The highest BCUT2D eigenvalue weighted by Crippen LogP contribution is 2.17. The summed E-state index contributed by atoms with van der Waals surface area (Å²) in [7, 11) is 0. The van der Waals surface area contributed by atoms with Gasteiger partial charge in [-0.15, -0.1) is 0 Å². The second kappa shape index (κ2) is 5.67. The Labute approximate surface area is 113 Å². The number of nitrogens with zero attached hydrogens (tertiary/aromatic N) is 3. The molecule has 0 bridgehead atoms. The monoisotopic (exact) mass is 260 g/mol. The Kier molecular flexibility index (Phi) is 3.75. The lowest BCUT2D eigenvalue weighted by Gasteiger charge is -2.22. The molecule has 3 rings (SSSR count). The molecule has 1 saturated heterocycles. The molecule has 0 unspecified atom stereocenters. The molecule has 0 saturated carbocycles. The summed E-state index contributed by atoms with van der Waals surface area (Å²) in [6, 6.07) is 2.01. The summed E-state index contributed by atoms with van der Waals surface area (Å²) in [5, 5.41) is 3.35. The second-order valence-electron chi connectivity index (χ2n) is 4.90. The zero-order valence-electron chi connectivity index (χ0n) is 11.3. The zero-order valence-corrected chi connectivity index (χ0v) is 11.3. The van der Waals surface area contributed by atoms with Crippen LogP contribution in [0.1, 0.15) is 25.6 Å². The first-order chi connectivity index (χ1) is 9.38. The van der Waals surface area contributed by atoms with E-state index in [1.54, 1.807) is 0 Å². The van der Waals surface area contributed by atoms with Gasteiger partial charge in [-0.05, 0) is 38.9 Å². The summed E-state index contributed by atoms with van der Waals surface area (Å²) in [5.74, 6) is 1.00. The number of nitrogens with one attached hydrogen (secondary N) is 1. The van der Waals surface area contributed by atoms with E-state index in [1.165, 1.54) is 0 Å². The van der Waals surface area contributed by atoms with Gasteiger partial charge in [0.25, 0.3) is 0 Å². The molecule has 1 fully saturated rings. The first-order valence-corrected chi connectivity index (χ1v) is 7.00. The van der Waals surface area contributed by atoms with Crippen molar-refractivity contribution in [1.82, 2.24) is 19.9 Å². The van der Waals surface area contributed by atoms with Gasteiger partial charge in [-0.25, -0.2) is 4.98 Å². The van der Waals surface area contributed by atoms with Gasteiger partial charge in [0, 0.05) is 12.7 Å². The van der Waals surface area contributed by atoms with E-state index in [9.17, 15) is 0 Å². The maximum atomic E-state index is 6.00. The van der Waals surface area contributed by atoms with Crippen LogP contribution in [0, 0.1) is 0 Å². The predicted octanol–water partition coefficient (Wildman–Crippen LogP) is 1.72. The van der Waals surface area contributed by atoms with Gasteiger partial charge in [-0.1, -0.05) is 0 Å². The number of hydrogen-bond acceptors (Lipinski definition) is 4. The Bertz CT molecular complexity index is 545. The summed E-state index contributed by atoms with van der Waals surface area (Å²) in [4.78, 5) is 8.75. The van der Waals surface area contributed by atoms with Crippen LogP contribution in [0.25, 0.3) is 11.0 Å². The molecule has 2 aromatic heterocycles. The van der Waals surface area contributed by atoms with Crippen LogP contribution in [0.2, 0.25) is 0 Å². The van der Waals surface area contributed by atoms with Crippen LogP contribution < -0.4 is 5.32 Å². The average Bonchev–Trinajstić information content (AvgIpc) is 2.83. The molecule has 0 amide bonds. The Hall–Kier alpha value is -1.46. The number of fused-ring (bicyclic) bond motifs is 1. The highest BCUT2D eigenvalue weighted by atomic mass is 16.5. The number of imidazole rings is 1. The van der Waals surface area contributed by atoms with Gasteiger partial charge < -0.3 is 14.6 Å². The molecule has 5 heteroatoms. The summed E-state index contributed by atoms with van der Waals surface area (Å²) in [6.07, 6.45) is 6.18. The Balaban J connectivity index is 1.76. The van der Waals surface area contributed by atoms with Crippen molar-refractivity contribution in [3.05, 3.63) is 24.3 Å². The van der Waals surface area contributed by atoms with Gasteiger partial charge in [0.05, 0.1) is 17.8 Å². The standard InChI is InChI=1S/C14H20N4O/c1-2-18-13-5-8-16-9-12(13)17-14(18)10-19-11-3-6-15-7-4-11/h5,8-9,11,15H,2-4,6-7,10H2,1H3. The Morgan fingerprint density at radius 1 is 1.42 bits per heavy atom.